The molecule has 18 heavy (non-hydrogen) atoms. The van der Waals surface area contributed by atoms with Crippen molar-refractivity contribution in [1.82, 2.24) is 15.0 Å². The number of aromatic nitrogens is 3. The topological polar surface area (TPSA) is 86.0 Å². The second-order valence-electron chi connectivity index (χ2n) is 4.84. The number of rotatable bonds is 4. The third-order valence-electron chi connectivity index (χ3n) is 3.53. The lowest BCUT2D eigenvalue weighted by molar-refractivity contribution is 0.327. The van der Waals surface area contributed by atoms with E-state index in [1.165, 1.54) is 39.2 Å². The van der Waals surface area contributed by atoms with Gasteiger partial charge in [0.25, 0.3) is 0 Å². The second-order valence-corrected chi connectivity index (χ2v) is 4.84. The molecule has 1 aliphatic carbocycles. The van der Waals surface area contributed by atoms with Gasteiger partial charge in [-0.2, -0.15) is 15.0 Å². The standard InChI is InChI=1S/C12H21N5O/c1-8(9-6-4-3-5-7-9)14-11-15-10(13)16-12(17-11)18-2/h8-9H,3-7H2,1-2H3,(H3,13,14,15,16,17). The van der Waals surface area contributed by atoms with E-state index in [0.717, 1.165) is 0 Å². The summed E-state index contributed by atoms with van der Waals surface area (Å²) in [6, 6.07) is 0.595. The van der Waals surface area contributed by atoms with Crippen LogP contribution in [0.15, 0.2) is 0 Å². The Labute approximate surface area is 107 Å². The number of nitrogens with zero attached hydrogens (tertiary/aromatic N) is 3. The molecule has 1 unspecified atom stereocenters. The number of nitrogens with two attached hydrogens (primary N) is 1. The fourth-order valence-corrected chi connectivity index (χ4v) is 2.48. The summed E-state index contributed by atoms with van der Waals surface area (Å²) in [5, 5.41) is 3.30. The number of nitrogens with one attached hydrogen (secondary N) is 1. The van der Waals surface area contributed by atoms with Gasteiger partial charge in [-0.25, -0.2) is 0 Å². The van der Waals surface area contributed by atoms with E-state index < -0.39 is 0 Å². The smallest absolute Gasteiger partial charge is 0.322 e. The first-order chi connectivity index (χ1) is 8.69. The molecule has 1 fully saturated rings. The molecule has 6 nitrogen and oxygen atoms in total. The summed E-state index contributed by atoms with van der Waals surface area (Å²) in [6.45, 7) is 2.17. The Kier molecular flexibility index (Phi) is 4.17. The molecule has 0 amide bonds. The number of nitrogen functional groups attached to an aromatic ring is 1. The maximum Gasteiger partial charge on any atom is 0.322 e. The minimum atomic E-state index is 0.181. The molecule has 6 heteroatoms. The highest BCUT2D eigenvalue weighted by atomic mass is 16.5. The summed E-state index contributed by atoms with van der Waals surface area (Å²) < 4.78 is 4.98. The summed E-state index contributed by atoms with van der Waals surface area (Å²) in [5.74, 6) is 1.36. The van der Waals surface area contributed by atoms with Crippen molar-refractivity contribution in [1.29, 1.82) is 0 Å². The molecule has 100 valence electrons. The van der Waals surface area contributed by atoms with Crippen LogP contribution >= 0.6 is 0 Å². The zero-order chi connectivity index (χ0) is 13.0. The molecule has 1 heterocycles. The summed E-state index contributed by atoms with van der Waals surface area (Å²) in [4.78, 5) is 12.1. The Morgan fingerprint density at radius 1 is 1.22 bits per heavy atom. The molecule has 1 aromatic heterocycles. The molecule has 1 saturated carbocycles. The fraction of sp³-hybridized carbons (Fsp3) is 0.750. The number of anilines is 2. The van der Waals surface area contributed by atoms with Crippen molar-refractivity contribution in [3.8, 4) is 6.01 Å². The average molecular weight is 251 g/mol. The maximum absolute atomic E-state index is 5.61. The van der Waals surface area contributed by atoms with E-state index in [-0.39, 0.29) is 12.0 Å². The van der Waals surface area contributed by atoms with Crippen LogP contribution in [-0.2, 0) is 0 Å². The molecule has 1 atom stereocenters. The van der Waals surface area contributed by atoms with Crippen molar-refractivity contribution in [3.63, 3.8) is 0 Å². The highest BCUT2D eigenvalue weighted by molar-refractivity contribution is 5.33. The van der Waals surface area contributed by atoms with Gasteiger partial charge in [-0.05, 0) is 25.7 Å². The molecule has 0 spiro atoms. The number of hydrogen-bond acceptors (Lipinski definition) is 6. The van der Waals surface area contributed by atoms with Crippen LogP contribution in [0.4, 0.5) is 11.9 Å². The Balaban J connectivity index is 2.01. The van der Waals surface area contributed by atoms with Gasteiger partial charge in [-0.15, -0.1) is 0 Å². The van der Waals surface area contributed by atoms with Crippen LogP contribution in [0.3, 0.4) is 0 Å². The highest BCUT2D eigenvalue weighted by Gasteiger charge is 2.20. The molecule has 0 aliphatic heterocycles. The molecule has 1 aromatic rings. The average Bonchev–Trinajstić information content (AvgIpc) is 2.39. The fourth-order valence-electron chi connectivity index (χ4n) is 2.48. The van der Waals surface area contributed by atoms with E-state index in [2.05, 4.69) is 27.2 Å². The summed E-state index contributed by atoms with van der Waals surface area (Å²) in [6.07, 6.45) is 6.53. The largest absolute Gasteiger partial charge is 0.467 e. The van der Waals surface area contributed by atoms with Crippen LogP contribution in [0.2, 0.25) is 0 Å². The molecular weight excluding hydrogens is 230 g/mol. The van der Waals surface area contributed by atoms with Gasteiger partial charge in [0.05, 0.1) is 7.11 Å². The summed E-state index contributed by atoms with van der Waals surface area (Å²) in [5.41, 5.74) is 5.61. The van der Waals surface area contributed by atoms with Crippen molar-refractivity contribution < 1.29 is 4.74 Å². The Morgan fingerprint density at radius 2 is 1.94 bits per heavy atom. The molecule has 0 saturated heterocycles. The molecule has 1 aliphatic rings. The van der Waals surface area contributed by atoms with Crippen LogP contribution in [-0.4, -0.2) is 28.1 Å². The Morgan fingerprint density at radius 3 is 2.61 bits per heavy atom. The van der Waals surface area contributed by atoms with E-state index in [9.17, 15) is 0 Å². The van der Waals surface area contributed by atoms with Gasteiger partial charge in [0.1, 0.15) is 0 Å². The van der Waals surface area contributed by atoms with Crippen molar-refractivity contribution in [3.05, 3.63) is 0 Å². The predicted octanol–water partition coefficient (Wildman–Crippen LogP) is 1.84. The molecule has 2 rings (SSSR count). The first-order valence-electron chi connectivity index (χ1n) is 6.51. The zero-order valence-electron chi connectivity index (χ0n) is 11.0. The van der Waals surface area contributed by atoms with Gasteiger partial charge >= 0.3 is 6.01 Å². The van der Waals surface area contributed by atoms with Crippen LogP contribution < -0.4 is 15.8 Å². The Hall–Kier alpha value is -1.59. The van der Waals surface area contributed by atoms with Gasteiger partial charge in [0.2, 0.25) is 11.9 Å². The lowest BCUT2D eigenvalue weighted by Crippen LogP contribution is -2.28. The molecular formula is C12H21N5O. The first-order valence-corrected chi connectivity index (χ1v) is 6.51. The Bertz CT molecular complexity index is 392. The maximum atomic E-state index is 5.61. The molecule has 0 bridgehead atoms. The van der Waals surface area contributed by atoms with Gasteiger partial charge in [-0.1, -0.05) is 19.3 Å². The summed E-state index contributed by atoms with van der Waals surface area (Å²) >= 11 is 0. The minimum absolute atomic E-state index is 0.181. The van der Waals surface area contributed by atoms with Crippen molar-refractivity contribution >= 4 is 11.9 Å². The second kappa shape index (κ2) is 5.84. The van der Waals surface area contributed by atoms with E-state index in [0.29, 0.717) is 17.9 Å². The van der Waals surface area contributed by atoms with Crippen LogP contribution in [0.1, 0.15) is 39.0 Å². The lowest BCUT2D eigenvalue weighted by Gasteiger charge is -2.28. The number of ether oxygens (including phenoxy) is 1. The van der Waals surface area contributed by atoms with E-state index in [1.54, 1.807) is 0 Å². The first kappa shape index (κ1) is 12.9. The van der Waals surface area contributed by atoms with E-state index >= 15 is 0 Å². The van der Waals surface area contributed by atoms with E-state index in [4.69, 9.17) is 10.5 Å². The van der Waals surface area contributed by atoms with Crippen molar-refractivity contribution in [2.24, 2.45) is 5.92 Å². The highest BCUT2D eigenvalue weighted by Crippen LogP contribution is 2.27. The van der Waals surface area contributed by atoms with Crippen LogP contribution in [0.5, 0.6) is 6.01 Å². The van der Waals surface area contributed by atoms with Crippen molar-refractivity contribution in [2.75, 3.05) is 18.2 Å². The minimum Gasteiger partial charge on any atom is -0.467 e. The lowest BCUT2D eigenvalue weighted by atomic mass is 9.85. The zero-order valence-corrected chi connectivity index (χ0v) is 11.0. The summed E-state index contributed by atoms with van der Waals surface area (Å²) in [7, 11) is 1.52. The quantitative estimate of drug-likeness (QED) is 0.849. The number of hydrogen-bond donors (Lipinski definition) is 2. The SMILES string of the molecule is COc1nc(N)nc(NC(C)C2CCCCC2)n1. The van der Waals surface area contributed by atoms with E-state index in [1.807, 2.05) is 0 Å². The normalized spacial score (nSPS) is 18.3. The molecule has 0 aromatic carbocycles. The monoisotopic (exact) mass is 251 g/mol. The van der Waals surface area contributed by atoms with Crippen molar-refractivity contribution in [2.45, 2.75) is 45.1 Å². The number of methoxy groups -OCH3 is 1. The van der Waals surface area contributed by atoms with Gasteiger partial charge < -0.3 is 15.8 Å². The van der Waals surface area contributed by atoms with Gasteiger partial charge in [0.15, 0.2) is 0 Å². The third kappa shape index (κ3) is 3.21. The van der Waals surface area contributed by atoms with Crippen LogP contribution in [0.25, 0.3) is 0 Å². The van der Waals surface area contributed by atoms with Crippen LogP contribution in [0, 0.1) is 5.92 Å². The molecule has 0 radical (unpaired) electrons. The predicted molar refractivity (Wildman–Crippen MR) is 70.5 cm³/mol. The molecule has 3 N–H and O–H groups in total. The third-order valence-corrected chi connectivity index (χ3v) is 3.53. The van der Waals surface area contributed by atoms with Gasteiger partial charge in [0, 0.05) is 6.04 Å². The van der Waals surface area contributed by atoms with Gasteiger partial charge in [-0.3, -0.25) is 0 Å².